The van der Waals surface area contributed by atoms with Crippen LogP contribution in [0.2, 0.25) is 0 Å². The number of hydrogen-bond donors (Lipinski definition) is 1. The minimum Gasteiger partial charge on any atom is -0.464 e. The van der Waals surface area contributed by atoms with Crippen molar-refractivity contribution in [3.8, 4) is 0 Å². The van der Waals surface area contributed by atoms with Gasteiger partial charge in [0.2, 0.25) is 0 Å². The normalized spacial score (nSPS) is 17.1. The standard InChI is InChI=1S/C16H28ClNO4/c1-12(2)11-22-15(19)14(13-7-4-3-5-8-13)18-16(20)21-10-6-9-17/h12-14H,3-11H2,1-2H3,(H,18,20). The van der Waals surface area contributed by atoms with E-state index in [4.69, 9.17) is 21.1 Å². The number of rotatable bonds is 8. The quantitative estimate of drug-likeness (QED) is 0.419. The van der Waals surface area contributed by atoms with Crippen molar-refractivity contribution in [3.63, 3.8) is 0 Å². The highest BCUT2D eigenvalue weighted by atomic mass is 35.5. The molecule has 1 saturated carbocycles. The number of esters is 1. The molecule has 128 valence electrons. The monoisotopic (exact) mass is 333 g/mol. The van der Waals surface area contributed by atoms with E-state index in [2.05, 4.69) is 5.32 Å². The molecule has 0 heterocycles. The van der Waals surface area contributed by atoms with Gasteiger partial charge < -0.3 is 14.8 Å². The summed E-state index contributed by atoms with van der Waals surface area (Å²) in [6, 6.07) is -0.609. The van der Waals surface area contributed by atoms with E-state index in [-0.39, 0.29) is 24.4 Å². The fourth-order valence-electron chi connectivity index (χ4n) is 2.56. The van der Waals surface area contributed by atoms with Gasteiger partial charge in [-0.05, 0) is 31.1 Å². The maximum Gasteiger partial charge on any atom is 0.407 e. The maximum atomic E-state index is 12.3. The van der Waals surface area contributed by atoms with Gasteiger partial charge in [0.25, 0.3) is 0 Å². The third-order valence-electron chi connectivity index (χ3n) is 3.72. The van der Waals surface area contributed by atoms with Crippen molar-refractivity contribution >= 4 is 23.7 Å². The second-order valence-corrected chi connectivity index (χ2v) is 6.60. The van der Waals surface area contributed by atoms with Crippen LogP contribution in [-0.4, -0.2) is 37.2 Å². The zero-order valence-corrected chi connectivity index (χ0v) is 14.4. The van der Waals surface area contributed by atoms with Gasteiger partial charge in [-0.3, -0.25) is 0 Å². The molecule has 22 heavy (non-hydrogen) atoms. The van der Waals surface area contributed by atoms with Crippen LogP contribution in [-0.2, 0) is 14.3 Å². The van der Waals surface area contributed by atoms with Crippen molar-refractivity contribution in [2.45, 2.75) is 58.4 Å². The number of alkyl halides is 1. The molecule has 0 aromatic rings. The molecule has 1 atom stereocenters. The van der Waals surface area contributed by atoms with E-state index in [1.165, 1.54) is 6.42 Å². The SMILES string of the molecule is CC(C)COC(=O)C(NC(=O)OCCCCl)C1CCCCC1. The molecular formula is C16H28ClNO4. The van der Waals surface area contributed by atoms with Gasteiger partial charge in [-0.1, -0.05) is 33.1 Å². The van der Waals surface area contributed by atoms with Crippen LogP contribution in [0.3, 0.4) is 0 Å². The van der Waals surface area contributed by atoms with Gasteiger partial charge >= 0.3 is 12.1 Å². The van der Waals surface area contributed by atoms with Crippen LogP contribution in [0.5, 0.6) is 0 Å². The van der Waals surface area contributed by atoms with Crippen LogP contribution in [0.4, 0.5) is 4.79 Å². The summed E-state index contributed by atoms with van der Waals surface area (Å²) < 4.78 is 10.4. The van der Waals surface area contributed by atoms with Crippen molar-refractivity contribution in [2.75, 3.05) is 19.1 Å². The first-order chi connectivity index (χ1) is 10.5. The topological polar surface area (TPSA) is 64.6 Å². The number of carbonyl (C=O) groups is 2. The molecule has 0 bridgehead atoms. The molecule has 0 spiro atoms. The van der Waals surface area contributed by atoms with Crippen molar-refractivity contribution in [1.82, 2.24) is 5.32 Å². The van der Waals surface area contributed by atoms with E-state index in [9.17, 15) is 9.59 Å². The molecule has 0 radical (unpaired) electrons. The smallest absolute Gasteiger partial charge is 0.407 e. The van der Waals surface area contributed by atoms with E-state index in [1.54, 1.807) is 0 Å². The van der Waals surface area contributed by atoms with E-state index in [1.807, 2.05) is 13.8 Å². The second-order valence-electron chi connectivity index (χ2n) is 6.22. The van der Waals surface area contributed by atoms with E-state index in [0.717, 1.165) is 25.7 Å². The zero-order valence-electron chi connectivity index (χ0n) is 13.6. The summed E-state index contributed by atoms with van der Waals surface area (Å²) in [4.78, 5) is 24.1. The molecule has 1 aliphatic rings. The first-order valence-electron chi connectivity index (χ1n) is 8.20. The largest absolute Gasteiger partial charge is 0.464 e. The second kappa shape index (κ2) is 10.7. The van der Waals surface area contributed by atoms with E-state index >= 15 is 0 Å². The molecule has 1 amide bonds. The number of nitrogens with one attached hydrogen (secondary N) is 1. The summed E-state index contributed by atoms with van der Waals surface area (Å²) in [6.45, 7) is 4.59. The molecule has 5 nitrogen and oxygen atoms in total. The molecular weight excluding hydrogens is 306 g/mol. The van der Waals surface area contributed by atoms with Crippen LogP contribution >= 0.6 is 11.6 Å². The lowest BCUT2D eigenvalue weighted by Gasteiger charge is -2.29. The highest BCUT2D eigenvalue weighted by Crippen LogP contribution is 2.27. The Morgan fingerprint density at radius 2 is 1.86 bits per heavy atom. The lowest BCUT2D eigenvalue weighted by molar-refractivity contribution is -0.149. The number of alkyl carbamates (subject to hydrolysis) is 1. The molecule has 6 heteroatoms. The molecule has 1 unspecified atom stereocenters. The molecule has 1 fully saturated rings. The maximum absolute atomic E-state index is 12.3. The predicted molar refractivity (Wildman–Crippen MR) is 86.0 cm³/mol. The Labute approximate surface area is 138 Å². The van der Waals surface area contributed by atoms with Gasteiger partial charge in [-0.25, -0.2) is 9.59 Å². The van der Waals surface area contributed by atoms with Gasteiger partial charge in [0.05, 0.1) is 13.2 Å². The van der Waals surface area contributed by atoms with E-state index < -0.39 is 12.1 Å². The number of carbonyl (C=O) groups excluding carboxylic acids is 2. The molecule has 0 aliphatic heterocycles. The van der Waals surface area contributed by atoms with Gasteiger partial charge in [-0.2, -0.15) is 0 Å². The Bertz CT molecular complexity index is 343. The van der Waals surface area contributed by atoms with Crippen LogP contribution in [0, 0.1) is 11.8 Å². The molecule has 1 N–H and O–H groups in total. The summed E-state index contributed by atoms with van der Waals surface area (Å²) in [5.41, 5.74) is 0. The van der Waals surface area contributed by atoms with Crippen LogP contribution in [0.25, 0.3) is 0 Å². The fourth-order valence-corrected chi connectivity index (χ4v) is 2.67. The molecule has 0 saturated heterocycles. The number of ether oxygens (including phenoxy) is 2. The highest BCUT2D eigenvalue weighted by molar-refractivity contribution is 6.17. The molecule has 0 aromatic heterocycles. The first-order valence-corrected chi connectivity index (χ1v) is 8.74. The van der Waals surface area contributed by atoms with Gasteiger partial charge in [0.15, 0.2) is 0 Å². The van der Waals surface area contributed by atoms with Crippen LogP contribution in [0.1, 0.15) is 52.4 Å². The number of amides is 1. The Kier molecular flexibility index (Phi) is 9.28. The minimum absolute atomic E-state index is 0.133. The average molecular weight is 334 g/mol. The summed E-state index contributed by atoms with van der Waals surface area (Å²) in [5.74, 6) is 0.492. The Morgan fingerprint density at radius 1 is 1.18 bits per heavy atom. The number of hydrogen-bond acceptors (Lipinski definition) is 4. The van der Waals surface area contributed by atoms with Crippen molar-refractivity contribution < 1.29 is 19.1 Å². The Balaban J connectivity index is 2.56. The lowest BCUT2D eigenvalue weighted by Crippen LogP contribution is -2.48. The highest BCUT2D eigenvalue weighted by Gasteiger charge is 2.32. The Morgan fingerprint density at radius 3 is 2.45 bits per heavy atom. The molecule has 1 aliphatic carbocycles. The Hall–Kier alpha value is -0.970. The summed E-state index contributed by atoms with van der Waals surface area (Å²) >= 11 is 5.55. The first kappa shape index (κ1) is 19.1. The van der Waals surface area contributed by atoms with Gasteiger partial charge in [-0.15, -0.1) is 11.6 Å². The van der Waals surface area contributed by atoms with E-state index in [0.29, 0.717) is 18.9 Å². The predicted octanol–water partition coefficient (Wildman–Crippen LogP) is 3.49. The molecule has 1 rings (SSSR count). The zero-order chi connectivity index (χ0) is 16.4. The van der Waals surface area contributed by atoms with Crippen molar-refractivity contribution in [2.24, 2.45) is 11.8 Å². The van der Waals surface area contributed by atoms with Crippen LogP contribution in [0.15, 0.2) is 0 Å². The third-order valence-corrected chi connectivity index (χ3v) is 3.99. The van der Waals surface area contributed by atoms with Gasteiger partial charge in [0.1, 0.15) is 6.04 Å². The van der Waals surface area contributed by atoms with Crippen LogP contribution < -0.4 is 5.32 Å². The fraction of sp³-hybridized carbons (Fsp3) is 0.875. The minimum atomic E-state index is -0.609. The van der Waals surface area contributed by atoms with Gasteiger partial charge in [0, 0.05) is 5.88 Å². The summed E-state index contributed by atoms with van der Waals surface area (Å²) in [6.07, 6.45) is 5.25. The average Bonchev–Trinajstić information content (AvgIpc) is 2.51. The summed E-state index contributed by atoms with van der Waals surface area (Å²) in [5, 5.41) is 2.69. The van der Waals surface area contributed by atoms with Crippen molar-refractivity contribution in [3.05, 3.63) is 0 Å². The number of halogens is 1. The third kappa shape index (κ3) is 7.34. The van der Waals surface area contributed by atoms with Crippen molar-refractivity contribution in [1.29, 1.82) is 0 Å². The summed E-state index contributed by atoms with van der Waals surface area (Å²) in [7, 11) is 0. The molecule has 0 aromatic carbocycles. The lowest BCUT2D eigenvalue weighted by atomic mass is 9.84.